The molecular formula is C8H17O-. The van der Waals surface area contributed by atoms with Gasteiger partial charge in [0, 0.05) is 0 Å². The highest BCUT2D eigenvalue weighted by atomic mass is 16.2. The van der Waals surface area contributed by atoms with E-state index in [0.29, 0.717) is 0 Å². The molecule has 0 aliphatic heterocycles. The van der Waals surface area contributed by atoms with Crippen molar-refractivity contribution in [3.05, 3.63) is 6.61 Å². The predicted molar refractivity (Wildman–Crippen MR) is 39.6 cm³/mol. The Bertz CT molecular complexity index is 37.8. The van der Waals surface area contributed by atoms with Crippen molar-refractivity contribution in [2.75, 3.05) is 0 Å². The Morgan fingerprint density at radius 1 is 1.11 bits per heavy atom. The van der Waals surface area contributed by atoms with E-state index in [4.69, 9.17) is 5.11 Å². The molecule has 0 fully saturated rings. The van der Waals surface area contributed by atoms with Gasteiger partial charge in [0.25, 0.3) is 0 Å². The first-order chi connectivity index (χ1) is 4.41. The van der Waals surface area contributed by atoms with Crippen LogP contribution in [0.5, 0.6) is 0 Å². The van der Waals surface area contributed by atoms with E-state index in [1.54, 1.807) is 0 Å². The molecule has 56 valence electrons. The number of rotatable bonds is 6. The molecule has 1 nitrogen and oxygen atoms in total. The third-order valence-corrected chi connectivity index (χ3v) is 1.44. The van der Waals surface area contributed by atoms with Crippen molar-refractivity contribution in [3.8, 4) is 0 Å². The fourth-order valence-electron chi connectivity index (χ4n) is 0.839. The normalized spacial score (nSPS) is 10.0. The van der Waals surface area contributed by atoms with Crippen molar-refractivity contribution >= 4 is 0 Å². The van der Waals surface area contributed by atoms with Gasteiger partial charge in [-0.05, 0) is 0 Å². The van der Waals surface area contributed by atoms with Crippen LogP contribution in [-0.2, 0) is 0 Å². The van der Waals surface area contributed by atoms with E-state index < -0.39 is 0 Å². The van der Waals surface area contributed by atoms with Crippen molar-refractivity contribution in [2.45, 2.75) is 45.4 Å². The van der Waals surface area contributed by atoms with Gasteiger partial charge < -0.3 is 5.11 Å². The summed E-state index contributed by atoms with van der Waals surface area (Å²) in [4.78, 5) is 0. The molecule has 0 aliphatic rings. The summed E-state index contributed by atoms with van der Waals surface area (Å²) < 4.78 is 0. The van der Waals surface area contributed by atoms with E-state index in [-0.39, 0.29) is 0 Å². The minimum atomic E-state index is 0.865. The van der Waals surface area contributed by atoms with Gasteiger partial charge in [0.1, 0.15) is 0 Å². The summed E-state index contributed by atoms with van der Waals surface area (Å²) in [6.07, 6.45) is 7.24. The van der Waals surface area contributed by atoms with E-state index in [2.05, 4.69) is 6.92 Å². The van der Waals surface area contributed by atoms with Crippen molar-refractivity contribution in [1.82, 2.24) is 0 Å². The van der Waals surface area contributed by atoms with Gasteiger partial charge >= 0.3 is 0 Å². The lowest BCUT2D eigenvalue weighted by molar-refractivity contribution is 0.367. The van der Waals surface area contributed by atoms with Gasteiger partial charge in [0.2, 0.25) is 0 Å². The Morgan fingerprint density at radius 2 is 1.78 bits per heavy atom. The Labute approximate surface area is 58.1 Å². The summed E-state index contributed by atoms with van der Waals surface area (Å²) in [5, 5.41) is 8.30. The van der Waals surface area contributed by atoms with Crippen LogP contribution >= 0.6 is 0 Å². The van der Waals surface area contributed by atoms with Gasteiger partial charge in [-0.25, -0.2) is 6.61 Å². The summed E-state index contributed by atoms with van der Waals surface area (Å²) in [5.74, 6) is 0. The second-order valence-corrected chi connectivity index (χ2v) is 2.39. The molecule has 0 radical (unpaired) electrons. The first-order valence-corrected chi connectivity index (χ1v) is 3.87. The van der Waals surface area contributed by atoms with Crippen LogP contribution in [0.15, 0.2) is 0 Å². The van der Waals surface area contributed by atoms with Crippen LogP contribution < -0.4 is 0 Å². The molecule has 0 aromatic heterocycles. The average Bonchev–Trinajstić information content (AvgIpc) is 1.89. The lowest BCUT2D eigenvalue weighted by atomic mass is 10.1. The smallest absolute Gasteiger partial charge is 0.0534 e. The van der Waals surface area contributed by atoms with E-state index in [1.165, 1.54) is 32.3 Å². The van der Waals surface area contributed by atoms with Gasteiger partial charge in [-0.3, -0.25) is 0 Å². The first-order valence-electron chi connectivity index (χ1n) is 3.87. The maximum Gasteiger partial charge on any atom is -0.0534 e. The SMILES string of the molecule is CCCCCCC[CH-]O. The molecule has 0 aromatic carbocycles. The Hall–Kier alpha value is -0.0400. The number of hydrogen-bond acceptors (Lipinski definition) is 1. The topological polar surface area (TPSA) is 20.2 Å². The maximum atomic E-state index is 8.30. The molecule has 0 rings (SSSR count). The molecule has 0 atom stereocenters. The predicted octanol–water partition coefficient (Wildman–Crippen LogP) is 2.88. The average molecular weight is 129 g/mol. The second kappa shape index (κ2) is 7.96. The van der Waals surface area contributed by atoms with E-state index in [1.807, 2.05) is 0 Å². The van der Waals surface area contributed by atoms with Crippen LogP contribution in [0.3, 0.4) is 0 Å². The third kappa shape index (κ3) is 7.96. The molecule has 1 N–H and O–H groups in total. The molecular weight excluding hydrogens is 112 g/mol. The zero-order valence-corrected chi connectivity index (χ0v) is 6.27. The van der Waals surface area contributed by atoms with E-state index >= 15 is 0 Å². The van der Waals surface area contributed by atoms with Crippen LogP contribution in [0.25, 0.3) is 0 Å². The van der Waals surface area contributed by atoms with Crippen LogP contribution in [0.4, 0.5) is 0 Å². The Kier molecular flexibility index (Phi) is 7.92. The highest BCUT2D eigenvalue weighted by Gasteiger charge is 1.82. The fourth-order valence-corrected chi connectivity index (χ4v) is 0.839. The summed E-state index contributed by atoms with van der Waals surface area (Å²) in [7, 11) is 0. The van der Waals surface area contributed by atoms with Crippen molar-refractivity contribution in [2.24, 2.45) is 0 Å². The van der Waals surface area contributed by atoms with Gasteiger partial charge in [-0.1, -0.05) is 39.0 Å². The van der Waals surface area contributed by atoms with Gasteiger partial charge in [-0.2, -0.15) is 6.42 Å². The van der Waals surface area contributed by atoms with E-state index in [9.17, 15) is 0 Å². The highest BCUT2D eigenvalue weighted by Crippen LogP contribution is 2.04. The molecule has 0 aromatic rings. The number of aliphatic hydroxyl groups excluding tert-OH is 1. The minimum Gasteiger partial charge on any atom is -0.566 e. The van der Waals surface area contributed by atoms with Gasteiger partial charge in [-0.15, -0.1) is 0 Å². The largest absolute Gasteiger partial charge is 0.566 e. The molecule has 0 spiro atoms. The van der Waals surface area contributed by atoms with Crippen LogP contribution in [0.2, 0.25) is 0 Å². The minimum absolute atomic E-state index is 0.865. The third-order valence-electron chi connectivity index (χ3n) is 1.44. The molecule has 0 bridgehead atoms. The van der Waals surface area contributed by atoms with Crippen LogP contribution in [0.1, 0.15) is 45.4 Å². The molecule has 0 aliphatic carbocycles. The number of unbranched alkanes of at least 4 members (excludes halogenated alkanes) is 5. The molecule has 0 heterocycles. The summed E-state index contributed by atoms with van der Waals surface area (Å²) >= 11 is 0. The molecule has 0 saturated carbocycles. The lowest BCUT2D eigenvalue weighted by Gasteiger charge is -2.02. The van der Waals surface area contributed by atoms with Crippen molar-refractivity contribution in [3.63, 3.8) is 0 Å². The molecule has 0 unspecified atom stereocenters. The van der Waals surface area contributed by atoms with Crippen LogP contribution in [-0.4, -0.2) is 5.11 Å². The van der Waals surface area contributed by atoms with Gasteiger partial charge in [0.05, 0.1) is 0 Å². The monoisotopic (exact) mass is 129 g/mol. The first kappa shape index (κ1) is 8.96. The zero-order chi connectivity index (χ0) is 6.95. The molecule has 0 saturated heterocycles. The Morgan fingerprint density at radius 3 is 2.33 bits per heavy atom. The Balaban J connectivity index is 2.60. The molecule has 1 heteroatoms. The summed E-state index contributed by atoms with van der Waals surface area (Å²) in [6, 6.07) is 0. The summed E-state index contributed by atoms with van der Waals surface area (Å²) in [6.45, 7) is 3.46. The molecule has 0 amide bonds. The quantitative estimate of drug-likeness (QED) is 0.432. The lowest BCUT2D eigenvalue weighted by Crippen LogP contribution is -1.78. The van der Waals surface area contributed by atoms with Crippen LogP contribution in [0, 0.1) is 6.61 Å². The van der Waals surface area contributed by atoms with Crippen molar-refractivity contribution in [1.29, 1.82) is 0 Å². The molecule has 9 heavy (non-hydrogen) atoms. The maximum absolute atomic E-state index is 8.30. The summed E-state index contributed by atoms with van der Waals surface area (Å²) in [5.41, 5.74) is 0. The van der Waals surface area contributed by atoms with Crippen molar-refractivity contribution < 1.29 is 5.11 Å². The zero-order valence-electron chi connectivity index (χ0n) is 6.27. The second-order valence-electron chi connectivity index (χ2n) is 2.39. The number of aliphatic hydroxyl groups is 1. The fraction of sp³-hybridized carbons (Fsp3) is 0.875. The van der Waals surface area contributed by atoms with Gasteiger partial charge in [0.15, 0.2) is 0 Å². The standard InChI is InChI=1S/C8H17O/c1-2-3-4-5-6-7-8-9/h8-9H,2-7H2,1H3/q-1. The van der Waals surface area contributed by atoms with E-state index in [0.717, 1.165) is 12.8 Å². The highest BCUT2D eigenvalue weighted by molar-refractivity contribution is 4.48. The number of hydrogen-bond donors (Lipinski definition) is 1.